The van der Waals surface area contributed by atoms with Gasteiger partial charge in [0, 0.05) is 6.42 Å². The molecule has 2 unspecified atom stereocenters. The number of nitrogens with zero attached hydrogens (tertiary/aromatic N) is 1. The number of nitrogens with one attached hydrogen (secondary N) is 1. The largest absolute Gasteiger partial charge is 0.373 e. The van der Waals surface area contributed by atoms with E-state index in [1.165, 1.54) is 0 Å². The van der Waals surface area contributed by atoms with Crippen LogP contribution in [0.25, 0.3) is 0 Å². The van der Waals surface area contributed by atoms with Gasteiger partial charge in [-0.25, -0.2) is 0 Å². The van der Waals surface area contributed by atoms with Crippen molar-refractivity contribution in [1.29, 1.82) is 5.26 Å². The number of hydrogen-bond acceptors (Lipinski definition) is 3. The fraction of sp³-hybridized carbons (Fsp3) is 0.929. The summed E-state index contributed by atoms with van der Waals surface area (Å²) in [7, 11) is 0. The van der Waals surface area contributed by atoms with Crippen molar-refractivity contribution in [2.45, 2.75) is 78.0 Å². The van der Waals surface area contributed by atoms with Crippen molar-refractivity contribution in [3.63, 3.8) is 0 Å². The molecule has 0 radical (unpaired) electrons. The Bertz CT molecular complexity index is 257. The zero-order valence-corrected chi connectivity index (χ0v) is 12.3. The lowest BCUT2D eigenvalue weighted by molar-refractivity contribution is -0.0736. The summed E-state index contributed by atoms with van der Waals surface area (Å²) in [6.45, 7) is 13.3. The molecule has 0 aromatic carbocycles. The van der Waals surface area contributed by atoms with Crippen LogP contribution in [0.1, 0.15) is 60.8 Å². The van der Waals surface area contributed by atoms with Gasteiger partial charge in [-0.3, -0.25) is 5.32 Å². The first-order chi connectivity index (χ1) is 7.78. The third-order valence-electron chi connectivity index (χ3n) is 3.08. The van der Waals surface area contributed by atoms with Crippen molar-refractivity contribution in [3.05, 3.63) is 0 Å². The summed E-state index contributed by atoms with van der Waals surface area (Å²) in [5.74, 6) is 0. The molecule has 3 nitrogen and oxygen atoms in total. The Morgan fingerprint density at radius 3 is 2.29 bits per heavy atom. The molecule has 0 spiro atoms. The van der Waals surface area contributed by atoms with E-state index in [4.69, 9.17) is 4.74 Å². The zero-order valence-electron chi connectivity index (χ0n) is 12.3. The summed E-state index contributed by atoms with van der Waals surface area (Å²) >= 11 is 0. The van der Waals surface area contributed by atoms with E-state index in [9.17, 15) is 5.26 Å². The first kappa shape index (κ1) is 16.4. The number of nitriles is 1. The van der Waals surface area contributed by atoms with Gasteiger partial charge in [0.05, 0.1) is 17.8 Å². The fourth-order valence-electron chi connectivity index (χ4n) is 1.80. The summed E-state index contributed by atoms with van der Waals surface area (Å²) in [5.41, 5.74) is -0.597. The molecule has 0 aliphatic rings. The molecular weight excluding hydrogens is 212 g/mol. The summed E-state index contributed by atoms with van der Waals surface area (Å²) in [6.07, 6.45) is 2.81. The summed E-state index contributed by atoms with van der Waals surface area (Å²) in [5, 5.41) is 12.5. The van der Waals surface area contributed by atoms with Gasteiger partial charge in [-0.1, -0.05) is 13.8 Å². The normalized spacial score (nSPS) is 17.2. The minimum atomic E-state index is -0.487. The topological polar surface area (TPSA) is 45.0 Å². The van der Waals surface area contributed by atoms with Crippen LogP contribution in [-0.4, -0.2) is 23.8 Å². The maximum Gasteiger partial charge on any atom is 0.106 e. The van der Waals surface area contributed by atoms with Crippen LogP contribution in [0.2, 0.25) is 0 Å². The molecule has 3 heteroatoms. The van der Waals surface area contributed by atoms with Crippen molar-refractivity contribution in [2.24, 2.45) is 0 Å². The maximum atomic E-state index is 9.25. The number of hydrogen-bond donors (Lipinski definition) is 1. The summed E-state index contributed by atoms with van der Waals surface area (Å²) in [6, 6.07) is 2.36. The third kappa shape index (κ3) is 6.65. The molecule has 0 aliphatic carbocycles. The molecule has 0 aromatic rings. The van der Waals surface area contributed by atoms with Gasteiger partial charge < -0.3 is 4.74 Å². The molecule has 0 aliphatic heterocycles. The second-order valence-corrected chi connectivity index (χ2v) is 5.62. The molecule has 0 bridgehead atoms. The second kappa shape index (κ2) is 6.98. The van der Waals surface area contributed by atoms with E-state index in [2.05, 4.69) is 39.1 Å². The van der Waals surface area contributed by atoms with E-state index in [-0.39, 0.29) is 11.7 Å². The molecule has 0 saturated carbocycles. The molecule has 0 aromatic heterocycles. The van der Waals surface area contributed by atoms with Crippen LogP contribution in [0.3, 0.4) is 0 Å². The Kier molecular flexibility index (Phi) is 6.74. The molecule has 0 amide bonds. The van der Waals surface area contributed by atoms with E-state index in [0.29, 0.717) is 6.42 Å². The molecule has 0 rings (SSSR count). The van der Waals surface area contributed by atoms with Crippen molar-refractivity contribution in [1.82, 2.24) is 5.32 Å². The number of ether oxygens (including phenoxy) is 1. The second-order valence-electron chi connectivity index (χ2n) is 5.62. The average molecular weight is 240 g/mol. The lowest BCUT2D eigenvalue weighted by atomic mass is 9.95. The standard InChI is InChI=1S/C14H28N2O/c1-7-9-16-14(6,11-15)10-12(3)17-13(4,5)8-2/h12,16H,7-10H2,1-6H3. The predicted molar refractivity (Wildman–Crippen MR) is 71.8 cm³/mol. The minimum absolute atomic E-state index is 0.0824. The predicted octanol–water partition coefficient (Wildman–Crippen LogP) is 3.25. The van der Waals surface area contributed by atoms with Crippen LogP contribution >= 0.6 is 0 Å². The van der Waals surface area contributed by atoms with E-state index < -0.39 is 5.54 Å². The molecule has 1 N–H and O–H groups in total. The van der Waals surface area contributed by atoms with Gasteiger partial charge >= 0.3 is 0 Å². The van der Waals surface area contributed by atoms with Gasteiger partial charge in [-0.2, -0.15) is 5.26 Å². The van der Waals surface area contributed by atoms with Crippen LogP contribution < -0.4 is 5.32 Å². The Morgan fingerprint density at radius 2 is 1.88 bits per heavy atom. The Balaban J connectivity index is 4.33. The molecule has 17 heavy (non-hydrogen) atoms. The zero-order chi connectivity index (χ0) is 13.5. The monoisotopic (exact) mass is 240 g/mol. The van der Waals surface area contributed by atoms with Crippen LogP contribution in [0.15, 0.2) is 0 Å². The van der Waals surface area contributed by atoms with Crippen LogP contribution in [0, 0.1) is 11.3 Å². The Labute approximate surface area is 107 Å². The number of rotatable bonds is 8. The van der Waals surface area contributed by atoms with E-state index in [0.717, 1.165) is 19.4 Å². The first-order valence-electron chi connectivity index (χ1n) is 6.62. The van der Waals surface area contributed by atoms with Gasteiger partial charge in [0.15, 0.2) is 0 Å². The average Bonchev–Trinajstić information content (AvgIpc) is 2.25. The van der Waals surface area contributed by atoms with Crippen LogP contribution in [0.5, 0.6) is 0 Å². The fourth-order valence-corrected chi connectivity index (χ4v) is 1.80. The highest BCUT2D eigenvalue weighted by Gasteiger charge is 2.28. The van der Waals surface area contributed by atoms with Crippen LogP contribution in [0.4, 0.5) is 0 Å². The molecule has 0 fully saturated rings. The Morgan fingerprint density at radius 1 is 1.29 bits per heavy atom. The van der Waals surface area contributed by atoms with Gasteiger partial charge in [-0.15, -0.1) is 0 Å². The van der Waals surface area contributed by atoms with Gasteiger partial charge in [-0.05, 0) is 47.1 Å². The van der Waals surface area contributed by atoms with Crippen molar-refractivity contribution >= 4 is 0 Å². The van der Waals surface area contributed by atoms with Gasteiger partial charge in [0.1, 0.15) is 5.54 Å². The van der Waals surface area contributed by atoms with Crippen molar-refractivity contribution in [3.8, 4) is 6.07 Å². The quantitative estimate of drug-likeness (QED) is 0.708. The molecule has 100 valence electrons. The van der Waals surface area contributed by atoms with Gasteiger partial charge in [0.2, 0.25) is 0 Å². The molecule has 0 saturated heterocycles. The summed E-state index contributed by atoms with van der Waals surface area (Å²) in [4.78, 5) is 0. The summed E-state index contributed by atoms with van der Waals surface area (Å²) < 4.78 is 5.97. The lowest BCUT2D eigenvalue weighted by Crippen LogP contribution is -2.45. The van der Waals surface area contributed by atoms with Crippen molar-refractivity contribution in [2.75, 3.05) is 6.54 Å². The molecular formula is C14H28N2O. The van der Waals surface area contributed by atoms with E-state index >= 15 is 0 Å². The molecule has 0 heterocycles. The smallest absolute Gasteiger partial charge is 0.106 e. The lowest BCUT2D eigenvalue weighted by Gasteiger charge is -2.32. The Hall–Kier alpha value is -0.590. The van der Waals surface area contributed by atoms with Gasteiger partial charge in [0.25, 0.3) is 0 Å². The first-order valence-corrected chi connectivity index (χ1v) is 6.62. The molecule has 2 atom stereocenters. The minimum Gasteiger partial charge on any atom is -0.373 e. The third-order valence-corrected chi connectivity index (χ3v) is 3.08. The van der Waals surface area contributed by atoms with E-state index in [1.807, 2.05) is 13.8 Å². The highest BCUT2D eigenvalue weighted by Crippen LogP contribution is 2.21. The van der Waals surface area contributed by atoms with E-state index in [1.54, 1.807) is 0 Å². The van der Waals surface area contributed by atoms with Crippen LogP contribution in [-0.2, 0) is 4.74 Å². The van der Waals surface area contributed by atoms with Crippen molar-refractivity contribution < 1.29 is 4.74 Å². The SMILES string of the molecule is CCCNC(C)(C#N)CC(C)OC(C)(C)CC. The maximum absolute atomic E-state index is 9.25. The highest BCUT2D eigenvalue weighted by molar-refractivity contribution is 5.04. The highest BCUT2D eigenvalue weighted by atomic mass is 16.5.